The third-order valence-electron chi connectivity index (χ3n) is 4.68. The number of aromatic nitrogens is 2. The summed E-state index contributed by atoms with van der Waals surface area (Å²) in [6.45, 7) is 0.232. The Bertz CT molecular complexity index is 839. The first kappa shape index (κ1) is 12.8. The van der Waals surface area contributed by atoms with Gasteiger partial charge in [-0.1, -0.05) is 0 Å². The number of ether oxygens (including phenoxy) is 2. The van der Waals surface area contributed by atoms with E-state index < -0.39 is 0 Å². The maximum atomic E-state index is 12.6. The van der Waals surface area contributed by atoms with E-state index >= 15 is 0 Å². The number of ketones is 1. The fraction of sp³-hybridized carbons (Fsp3) is 0.294. The van der Waals surface area contributed by atoms with Crippen LogP contribution in [0.4, 0.5) is 5.69 Å². The number of benzene rings is 1. The summed E-state index contributed by atoms with van der Waals surface area (Å²) in [4.78, 5) is 20.2. The summed E-state index contributed by atoms with van der Waals surface area (Å²) in [6.07, 6.45) is 5.87. The number of rotatable bonds is 1. The number of nitrogens with one attached hydrogen (secondary N) is 2. The molecule has 1 atom stereocenters. The van der Waals surface area contributed by atoms with Gasteiger partial charge in [0.15, 0.2) is 17.3 Å². The molecule has 0 saturated heterocycles. The first-order valence-electron chi connectivity index (χ1n) is 7.77. The smallest absolute Gasteiger partial charge is 0.231 e. The van der Waals surface area contributed by atoms with Crippen LogP contribution in [0.1, 0.15) is 36.6 Å². The van der Waals surface area contributed by atoms with Crippen molar-refractivity contribution in [1.82, 2.24) is 9.97 Å². The topological polar surface area (TPSA) is 76.2 Å². The molecule has 2 aliphatic heterocycles. The predicted molar refractivity (Wildman–Crippen MR) is 82.5 cm³/mol. The molecular formula is C17H15N3O3. The van der Waals surface area contributed by atoms with Gasteiger partial charge in [-0.15, -0.1) is 0 Å². The summed E-state index contributed by atoms with van der Waals surface area (Å²) in [5.41, 5.74) is 3.80. The van der Waals surface area contributed by atoms with Crippen molar-refractivity contribution in [2.75, 3.05) is 12.1 Å². The third-order valence-corrected chi connectivity index (χ3v) is 4.68. The standard InChI is InChI=1S/C17H15N3O3/c21-12-3-1-2-10-16(12)15(17-18-4-5-19-17)9-6-13-14(23-8-22-13)7-11(9)20-10/h4-7,15,20H,1-3,8H2,(H,18,19)/t15-/m1/s1. The molecular weight excluding hydrogens is 294 g/mol. The van der Waals surface area contributed by atoms with Crippen molar-refractivity contribution in [3.63, 3.8) is 0 Å². The first-order chi connectivity index (χ1) is 11.3. The van der Waals surface area contributed by atoms with Crippen molar-refractivity contribution in [1.29, 1.82) is 0 Å². The Morgan fingerprint density at radius 3 is 2.87 bits per heavy atom. The molecule has 0 saturated carbocycles. The largest absolute Gasteiger partial charge is 0.454 e. The van der Waals surface area contributed by atoms with Crippen LogP contribution in [0.25, 0.3) is 0 Å². The van der Waals surface area contributed by atoms with E-state index in [1.54, 1.807) is 12.4 Å². The highest BCUT2D eigenvalue weighted by molar-refractivity contribution is 6.01. The second-order valence-corrected chi connectivity index (χ2v) is 5.99. The lowest BCUT2D eigenvalue weighted by Gasteiger charge is -2.32. The molecule has 1 aromatic carbocycles. The van der Waals surface area contributed by atoms with Crippen molar-refractivity contribution < 1.29 is 14.3 Å². The molecule has 5 rings (SSSR count). The normalized spacial score (nSPS) is 21.7. The van der Waals surface area contributed by atoms with Crippen molar-refractivity contribution in [2.24, 2.45) is 0 Å². The SMILES string of the molecule is O=C1CCCC2=C1[C@H](c1ncc[nH]1)c1cc3c(cc1N2)OCO3. The number of H-pyrrole nitrogens is 1. The molecule has 0 fully saturated rings. The van der Waals surface area contributed by atoms with Gasteiger partial charge >= 0.3 is 0 Å². The second kappa shape index (κ2) is 4.62. The number of Topliss-reactive ketones (excluding diaryl/α,β-unsaturated/α-hetero) is 1. The van der Waals surface area contributed by atoms with Gasteiger partial charge in [0.25, 0.3) is 0 Å². The lowest BCUT2D eigenvalue weighted by Crippen LogP contribution is -2.27. The summed E-state index contributed by atoms with van der Waals surface area (Å²) >= 11 is 0. The van der Waals surface area contributed by atoms with E-state index in [1.165, 1.54) is 0 Å². The minimum atomic E-state index is -0.182. The Morgan fingerprint density at radius 1 is 1.17 bits per heavy atom. The quantitative estimate of drug-likeness (QED) is 0.847. The zero-order valence-electron chi connectivity index (χ0n) is 12.4. The summed E-state index contributed by atoms with van der Waals surface area (Å²) in [5.74, 6) is 2.26. The van der Waals surface area contributed by atoms with Gasteiger partial charge in [0, 0.05) is 41.8 Å². The highest BCUT2D eigenvalue weighted by Crippen LogP contribution is 2.48. The van der Waals surface area contributed by atoms with E-state index in [4.69, 9.17) is 9.47 Å². The molecule has 2 aromatic rings. The van der Waals surface area contributed by atoms with Crippen LogP contribution in [0.15, 0.2) is 35.8 Å². The van der Waals surface area contributed by atoms with E-state index in [0.29, 0.717) is 6.42 Å². The fourth-order valence-electron chi connectivity index (χ4n) is 3.67. The van der Waals surface area contributed by atoms with Crippen LogP contribution < -0.4 is 14.8 Å². The van der Waals surface area contributed by atoms with Crippen molar-refractivity contribution in [3.05, 3.63) is 47.2 Å². The monoisotopic (exact) mass is 309 g/mol. The highest BCUT2D eigenvalue weighted by Gasteiger charge is 2.37. The van der Waals surface area contributed by atoms with Crippen LogP contribution in [-0.4, -0.2) is 22.5 Å². The molecule has 6 heteroatoms. The summed E-state index contributed by atoms with van der Waals surface area (Å²) in [5, 5.41) is 3.43. The zero-order chi connectivity index (χ0) is 15.4. The van der Waals surface area contributed by atoms with Gasteiger partial charge in [0.05, 0.1) is 5.92 Å². The van der Waals surface area contributed by atoms with E-state index in [0.717, 1.165) is 52.7 Å². The minimum absolute atomic E-state index is 0.182. The summed E-state index contributed by atoms with van der Waals surface area (Å²) < 4.78 is 11.0. The van der Waals surface area contributed by atoms with E-state index in [2.05, 4.69) is 15.3 Å². The van der Waals surface area contributed by atoms with Gasteiger partial charge in [-0.25, -0.2) is 4.98 Å². The summed E-state index contributed by atoms with van der Waals surface area (Å²) in [7, 11) is 0. The van der Waals surface area contributed by atoms with Gasteiger partial charge in [0.1, 0.15) is 5.82 Å². The number of hydrogen-bond donors (Lipinski definition) is 2. The molecule has 1 aliphatic carbocycles. The van der Waals surface area contributed by atoms with Crippen molar-refractivity contribution >= 4 is 11.5 Å². The molecule has 1 aromatic heterocycles. The average Bonchev–Trinajstić information content (AvgIpc) is 3.22. The van der Waals surface area contributed by atoms with E-state index in [9.17, 15) is 4.79 Å². The molecule has 0 unspecified atom stereocenters. The number of imidazole rings is 1. The third kappa shape index (κ3) is 1.81. The van der Waals surface area contributed by atoms with Crippen LogP contribution in [-0.2, 0) is 4.79 Å². The average molecular weight is 309 g/mol. The fourth-order valence-corrected chi connectivity index (χ4v) is 3.67. The molecule has 3 heterocycles. The first-order valence-corrected chi connectivity index (χ1v) is 7.77. The predicted octanol–water partition coefficient (Wildman–Crippen LogP) is 2.70. The number of aromatic amines is 1. The molecule has 23 heavy (non-hydrogen) atoms. The van der Waals surface area contributed by atoms with Crippen molar-refractivity contribution in [3.8, 4) is 11.5 Å². The Kier molecular flexibility index (Phi) is 2.56. The van der Waals surface area contributed by atoms with E-state index in [-0.39, 0.29) is 18.5 Å². The van der Waals surface area contributed by atoms with Crippen LogP contribution >= 0.6 is 0 Å². The molecule has 116 valence electrons. The van der Waals surface area contributed by atoms with Crippen LogP contribution in [0, 0.1) is 0 Å². The lowest BCUT2D eigenvalue weighted by atomic mass is 9.78. The van der Waals surface area contributed by atoms with Crippen molar-refractivity contribution in [2.45, 2.75) is 25.2 Å². The Balaban J connectivity index is 1.74. The Hall–Kier alpha value is -2.76. The number of fused-ring (bicyclic) bond motifs is 2. The molecule has 0 spiro atoms. The number of carbonyl (C=O) groups is 1. The molecule has 3 aliphatic rings. The number of anilines is 1. The maximum absolute atomic E-state index is 12.6. The van der Waals surface area contributed by atoms with Crippen LogP contribution in [0.2, 0.25) is 0 Å². The molecule has 0 bridgehead atoms. The van der Waals surface area contributed by atoms with E-state index in [1.807, 2.05) is 12.1 Å². The molecule has 2 N–H and O–H groups in total. The number of nitrogens with zero attached hydrogens (tertiary/aromatic N) is 1. The number of hydrogen-bond acceptors (Lipinski definition) is 5. The van der Waals surface area contributed by atoms with Gasteiger partial charge in [-0.3, -0.25) is 4.79 Å². The molecule has 6 nitrogen and oxygen atoms in total. The number of carbonyl (C=O) groups excluding carboxylic acids is 1. The summed E-state index contributed by atoms with van der Waals surface area (Å²) in [6, 6.07) is 3.92. The maximum Gasteiger partial charge on any atom is 0.231 e. The Morgan fingerprint density at radius 2 is 2.04 bits per heavy atom. The number of allylic oxidation sites excluding steroid dienone is 2. The van der Waals surface area contributed by atoms with Gasteiger partial charge < -0.3 is 19.8 Å². The lowest BCUT2D eigenvalue weighted by molar-refractivity contribution is -0.116. The second-order valence-electron chi connectivity index (χ2n) is 5.99. The van der Waals surface area contributed by atoms with Crippen LogP contribution in [0.5, 0.6) is 11.5 Å². The molecule has 0 radical (unpaired) electrons. The highest BCUT2D eigenvalue weighted by atomic mass is 16.7. The van der Waals surface area contributed by atoms with Gasteiger partial charge in [-0.2, -0.15) is 0 Å². The zero-order valence-corrected chi connectivity index (χ0v) is 12.4. The van der Waals surface area contributed by atoms with Gasteiger partial charge in [0.2, 0.25) is 6.79 Å². The minimum Gasteiger partial charge on any atom is -0.454 e. The Labute approximate surface area is 132 Å². The van der Waals surface area contributed by atoms with Crippen LogP contribution in [0.3, 0.4) is 0 Å². The molecule has 0 amide bonds. The van der Waals surface area contributed by atoms with Gasteiger partial charge in [-0.05, 0) is 24.5 Å².